The van der Waals surface area contributed by atoms with E-state index in [0.717, 1.165) is 54.9 Å². The van der Waals surface area contributed by atoms with Gasteiger partial charge in [0, 0.05) is 56.0 Å². The third-order valence-corrected chi connectivity index (χ3v) is 16.4. The van der Waals surface area contributed by atoms with E-state index in [1.165, 1.54) is 16.3 Å². The first kappa shape index (κ1) is 40.6. The Morgan fingerprint density at radius 1 is 1.16 bits per heavy atom. The zero-order valence-corrected chi connectivity index (χ0v) is 34.7. The molecule has 3 aliphatic rings. The Bertz CT molecular complexity index is 1880. The molecule has 0 saturated carbocycles. The summed E-state index contributed by atoms with van der Waals surface area (Å²) in [5, 5.41) is 25.9. The summed E-state index contributed by atoms with van der Waals surface area (Å²) in [5.41, 5.74) is 4.40. The number of carbonyl (C=O) groups excluding carboxylic acids is 2. The lowest BCUT2D eigenvalue weighted by Gasteiger charge is -2.37. The van der Waals surface area contributed by atoms with E-state index in [1.54, 1.807) is 7.11 Å². The molecule has 4 heterocycles. The fourth-order valence-electron chi connectivity index (χ4n) is 9.04. The standard InChI is InChI=1S/C43H60N6O5Si/c1-29(2)10-8-11-30(3)19-24-49-38-18-13-33(45-41(51)32-12-9-22-44-27-32)26-37(38)43(42(49)52)31(4)40(55(6,7)36-16-14-35(53-5)15-17-36)39(54-43)20-23-48-28-34(21-25-50)46-47-48/h10,13-19,26,28,31-32,39-40,44,50H,8-9,11-12,20-25,27H2,1-7H3,(H,45,51)/b30-19+/t31-,32?,39+,40-,43+/m0/s1. The molecule has 1 aromatic heterocycles. The van der Waals surface area contributed by atoms with Crippen molar-refractivity contribution in [2.24, 2.45) is 11.8 Å². The van der Waals surface area contributed by atoms with Crippen LogP contribution in [-0.4, -0.2) is 79.4 Å². The molecule has 6 rings (SSSR count). The maximum Gasteiger partial charge on any atom is 0.264 e. The monoisotopic (exact) mass is 768 g/mol. The van der Waals surface area contributed by atoms with Crippen molar-refractivity contribution in [2.45, 2.75) is 103 Å². The lowest BCUT2D eigenvalue weighted by Crippen LogP contribution is -2.52. The Morgan fingerprint density at radius 3 is 2.64 bits per heavy atom. The minimum atomic E-state index is -2.37. The Hall–Kier alpha value is -4.10. The number of aliphatic hydroxyl groups excluding tert-OH is 1. The van der Waals surface area contributed by atoms with Crippen LogP contribution in [0.15, 0.2) is 72.0 Å². The van der Waals surface area contributed by atoms with E-state index in [1.807, 2.05) is 46.1 Å². The van der Waals surface area contributed by atoms with Crippen molar-refractivity contribution in [3.63, 3.8) is 0 Å². The molecule has 296 valence electrons. The van der Waals surface area contributed by atoms with Gasteiger partial charge in [0.25, 0.3) is 5.91 Å². The largest absolute Gasteiger partial charge is 0.497 e. The molecule has 1 unspecified atom stereocenters. The predicted octanol–water partition coefficient (Wildman–Crippen LogP) is 6.11. The zero-order chi connectivity index (χ0) is 39.3. The fraction of sp³-hybridized carbons (Fsp3) is 0.535. The van der Waals surface area contributed by atoms with Crippen LogP contribution in [0.4, 0.5) is 11.4 Å². The van der Waals surface area contributed by atoms with Crippen molar-refractivity contribution in [1.29, 1.82) is 0 Å². The predicted molar refractivity (Wildman–Crippen MR) is 220 cm³/mol. The van der Waals surface area contributed by atoms with Crippen LogP contribution in [-0.2, 0) is 32.9 Å². The van der Waals surface area contributed by atoms with Gasteiger partial charge in [0.1, 0.15) is 5.75 Å². The molecule has 2 aromatic carbocycles. The molecule has 0 radical (unpaired) electrons. The van der Waals surface area contributed by atoms with Crippen LogP contribution in [0.25, 0.3) is 0 Å². The Kier molecular flexibility index (Phi) is 12.8. The quantitative estimate of drug-likeness (QED) is 0.125. The van der Waals surface area contributed by atoms with Crippen molar-refractivity contribution in [3.8, 4) is 5.75 Å². The van der Waals surface area contributed by atoms with Crippen LogP contribution >= 0.6 is 0 Å². The highest BCUT2D eigenvalue weighted by molar-refractivity contribution is 6.91. The number of carbonyl (C=O) groups is 2. The van der Waals surface area contributed by atoms with Gasteiger partial charge in [-0.15, -0.1) is 5.10 Å². The highest BCUT2D eigenvalue weighted by Crippen LogP contribution is 2.60. The molecule has 55 heavy (non-hydrogen) atoms. The average Bonchev–Trinajstić information content (AvgIpc) is 3.82. The van der Waals surface area contributed by atoms with Gasteiger partial charge < -0.3 is 30.1 Å². The fourth-order valence-corrected chi connectivity index (χ4v) is 13.1. The normalized spacial score (nSPS) is 24.0. The number of nitrogens with zero attached hydrogens (tertiary/aromatic N) is 4. The van der Waals surface area contributed by atoms with Gasteiger partial charge in [-0.3, -0.25) is 14.3 Å². The van der Waals surface area contributed by atoms with E-state index in [2.05, 4.69) is 86.0 Å². The first-order chi connectivity index (χ1) is 26.4. The number of methoxy groups -OCH3 is 1. The van der Waals surface area contributed by atoms with Crippen molar-refractivity contribution < 1.29 is 24.2 Å². The van der Waals surface area contributed by atoms with Gasteiger partial charge in [-0.05, 0) is 95.3 Å². The van der Waals surface area contributed by atoms with Gasteiger partial charge in [-0.2, -0.15) is 0 Å². The number of aliphatic hydroxyl groups is 1. The van der Waals surface area contributed by atoms with Crippen molar-refractivity contribution in [1.82, 2.24) is 20.3 Å². The summed E-state index contributed by atoms with van der Waals surface area (Å²) in [5.74, 6) is 0.459. The molecule has 3 aromatic rings. The molecule has 3 N–H and O–H groups in total. The molecule has 2 amide bonds. The Labute approximate surface area is 327 Å². The molecule has 3 aliphatic heterocycles. The van der Waals surface area contributed by atoms with Gasteiger partial charge in [0.15, 0.2) is 5.60 Å². The highest BCUT2D eigenvalue weighted by Gasteiger charge is 2.66. The van der Waals surface area contributed by atoms with Crippen molar-refractivity contribution in [2.75, 3.05) is 43.6 Å². The molecule has 2 saturated heterocycles. The van der Waals surface area contributed by atoms with E-state index in [4.69, 9.17) is 9.47 Å². The second-order valence-corrected chi connectivity index (χ2v) is 21.1. The SMILES string of the molecule is COc1ccc([Si](C)(C)[C@@H]2[C@@H](CCn3cc(CCO)nn3)O[C@]3(C(=O)N(C/C=C(\C)CCC=C(C)C)c4ccc(NC(=O)C5CCCNC5)cc43)[C@H]2C)cc1. The summed E-state index contributed by atoms with van der Waals surface area (Å²) in [6.45, 7) is 15.9. The Balaban J connectivity index is 1.40. The molecule has 2 fully saturated rings. The molecular formula is C43H60N6O5Si. The highest BCUT2D eigenvalue weighted by atomic mass is 28.3. The number of rotatable bonds is 15. The van der Waals surface area contributed by atoms with Gasteiger partial charge in [-0.25, -0.2) is 0 Å². The number of aryl methyl sites for hydroxylation is 1. The number of hydrogen-bond donors (Lipinski definition) is 3. The summed E-state index contributed by atoms with van der Waals surface area (Å²) in [6, 6.07) is 14.3. The van der Waals surface area contributed by atoms with E-state index in [9.17, 15) is 9.90 Å². The number of anilines is 2. The van der Waals surface area contributed by atoms with Gasteiger partial charge in [0.05, 0.1) is 38.6 Å². The first-order valence-corrected chi connectivity index (χ1v) is 23.1. The van der Waals surface area contributed by atoms with Crippen molar-refractivity contribution >= 4 is 36.4 Å². The van der Waals surface area contributed by atoms with Crippen LogP contribution in [0.2, 0.25) is 18.6 Å². The van der Waals surface area contributed by atoms with Crippen molar-refractivity contribution in [3.05, 3.63) is 83.2 Å². The molecule has 11 nitrogen and oxygen atoms in total. The van der Waals surface area contributed by atoms with Crippen LogP contribution in [0, 0.1) is 11.8 Å². The van der Waals surface area contributed by atoms with Crippen LogP contribution in [0.3, 0.4) is 0 Å². The van der Waals surface area contributed by atoms with E-state index < -0.39 is 13.7 Å². The molecule has 5 atom stereocenters. The van der Waals surface area contributed by atoms with E-state index >= 15 is 4.79 Å². The number of aromatic nitrogens is 3. The maximum atomic E-state index is 15.3. The summed E-state index contributed by atoms with van der Waals surface area (Å²) in [7, 11) is -0.689. The second kappa shape index (κ2) is 17.4. The van der Waals surface area contributed by atoms with Crippen LogP contribution < -0.4 is 25.5 Å². The third kappa shape index (κ3) is 8.52. The first-order valence-electron chi connectivity index (χ1n) is 20.0. The van der Waals surface area contributed by atoms with E-state index in [0.29, 0.717) is 38.2 Å². The molecule has 1 spiro atoms. The summed E-state index contributed by atoms with van der Waals surface area (Å²) in [4.78, 5) is 30.7. The number of benzene rings is 2. The number of piperidine rings is 1. The number of ether oxygens (including phenoxy) is 2. The summed E-state index contributed by atoms with van der Waals surface area (Å²) >= 11 is 0. The minimum Gasteiger partial charge on any atom is -0.497 e. The van der Waals surface area contributed by atoms with Crippen LogP contribution in [0.5, 0.6) is 5.75 Å². The van der Waals surface area contributed by atoms with Crippen LogP contribution in [0.1, 0.15) is 71.1 Å². The number of hydrogen-bond acceptors (Lipinski definition) is 8. The summed E-state index contributed by atoms with van der Waals surface area (Å²) < 4.78 is 14.7. The number of nitrogens with one attached hydrogen (secondary N) is 2. The molecule has 12 heteroatoms. The molecule has 0 aliphatic carbocycles. The average molecular weight is 769 g/mol. The second-order valence-electron chi connectivity index (χ2n) is 16.4. The topological polar surface area (TPSA) is 131 Å². The Morgan fingerprint density at radius 2 is 1.95 bits per heavy atom. The van der Waals surface area contributed by atoms with Gasteiger partial charge >= 0.3 is 0 Å². The number of amides is 2. The summed E-state index contributed by atoms with van der Waals surface area (Å²) in [6.07, 6.45) is 10.8. The minimum absolute atomic E-state index is 0.00473. The zero-order valence-electron chi connectivity index (χ0n) is 33.7. The number of allylic oxidation sites excluding steroid dienone is 3. The lowest BCUT2D eigenvalue weighted by molar-refractivity contribution is -0.145. The smallest absolute Gasteiger partial charge is 0.264 e. The molecular weight excluding hydrogens is 709 g/mol. The van der Waals surface area contributed by atoms with Gasteiger partial charge in [0.2, 0.25) is 5.91 Å². The lowest BCUT2D eigenvalue weighted by atomic mass is 9.82. The third-order valence-electron chi connectivity index (χ3n) is 12.1. The van der Waals surface area contributed by atoms with E-state index in [-0.39, 0.29) is 41.9 Å². The van der Waals surface area contributed by atoms with Gasteiger partial charge in [-0.1, -0.05) is 65.8 Å². The maximum absolute atomic E-state index is 15.3. The number of fused-ring (bicyclic) bond motifs is 2. The molecule has 0 bridgehead atoms.